The van der Waals surface area contributed by atoms with Crippen LogP contribution in [0.25, 0.3) is 0 Å². The first-order chi connectivity index (χ1) is 8.72. The molecule has 0 aliphatic carbocycles. The minimum atomic E-state index is -0.833. The van der Waals surface area contributed by atoms with E-state index in [-0.39, 0.29) is 0 Å². The third-order valence-electron chi connectivity index (χ3n) is 3.46. The van der Waals surface area contributed by atoms with Crippen LogP contribution in [-0.2, 0) is 0 Å². The molecule has 1 saturated heterocycles. The van der Waals surface area contributed by atoms with Gasteiger partial charge in [0.2, 0.25) is 0 Å². The van der Waals surface area contributed by atoms with Gasteiger partial charge >= 0.3 is 0 Å². The van der Waals surface area contributed by atoms with Gasteiger partial charge in [-0.2, -0.15) is 0 Å². The molecule has 4 heteroatoms. The first-order valence-corrected chi connectivity index (χ1v) is 6.58. The van der Waals surface area contributed by atoms with Gasteiger partial charge in [0.1, 0.15) is 6.10 Å². The molecular formula is C14H22N2O2. The van der Waals surface area contributed by atoms with Gasteiger partial charge < -0.3 is 20.4 Å². The molecule has 0 saturated carbocycles. The molecule has 3 N–H and O–H groups in total. The van der Waals surface area contributed by atoms with Gasteiger partial charge in [-0.3, -0.25) is 0 Å². The molecule has 2 unspecified atom stereocenters. The van der Waals surface area contributed by atoms with Crippen LogP contribution in [0.5, 0.6) is 0 Å². The molecule has 0 spiro atoms. The van der Waals surface area contributed by atoms with E-state index in [4.69, 9.17) is 0 Å². The number of benzene rings is 1. The molecular weight excluding hydrogens is 228 g/mol. The van der Waals surface area contributed by atoms with Crippen molar-refractivity contribution >= 4 is 5.69 Å². The lowest BCUT2D eigenvalue weighted by Gasteiger charge is -2.22. The number of aliphatic hydroxyl groups excluding tert-OH is 2. The molecule has 1 fully saturated rings. The highest BCUT2D eigenvalue weighted by molar-refractivity contribution is 5.49. The largest absolute Gasteiger partial charge is 0.389 e. The van der Waals surface area contributed by atoms with Crippen molar-refractivity contribution in [3.05, 3.63) is 29.8 Å². The van der Waals surface area contributed by atoms with Gasteiger partial charge in [-0.15, -0.1) is 0 Å². The molecule has 1 heterocycles. The summed E-state index contributed by atoms with van der Waals surface area (Å²) in [5, 5.41) is 22.7. The van der Waals surface area contributed by atoms with E-state index in [1.165, 1.54) is 12.8 Å². The van der Waals surface area contributed by atoms with E-state index in [0.29, 0.717) is 6.54 Å². The zero-order valence-electron chi connectivity index (χ0n) is 10.8. The first kappa shape index (κ1) is 13.3. The number of rotatable bonds is 5. The standard InChI is InChI=1S/C14H22N2O2/c1-15-10-13(17)14(18)11-5-4-6-12(9-11)16-7-2-3-8-16/h4-6,9,13-15,17-18H,2-3,7-8,10H2,1H3. The Hall–Kier alpha value is -1.10. The highest BCUT2D eigenvalue weighted by Gasteiger charge is 2.19. The van der Waals surface area contributed by atoms with Gasteiger partial charge in [0.15, 0.2) is 0 Å². The Balaban J connectivity index is 2.10. The molecule has 2 atom stereocenters. The predicted octanol–water partition coefficient (Wildman–Crippen LogP) is 0.900. The summed E-state index contributed by atoms with van der Waals surface area (Å²) in [6.07, 6.45) is 0.855. The summed E-state index contributed by atoms with van der Waals surface area (Å²) < 4.78 is 0. The number of nitrogens with one attached hydrogen (secondary N) is 1. The molecule has 2 rings (SSSR count). The Morgan fingerprint density at radius 3 is 2.67 bits per heavy atom. The lowest BCUT2D eigenvalue weighted by Crippen LogP contribution is -2.29. The SMILES string of the molecule is CNCC(O)C(O)c1cccc(N2CCCC2)c1. The van der Waals surface area contributed by atoms with Crippen LogP contribution in [0, 0.1) is 0 Å². The van der Waals surface area contributed by atoms with E-state index in [1.807, 2.05) is 18.2 Å². The smallest absolute Gasteiger partial charge is 0.106 e. The van der Waals surface area contributed by atoms with Gasteiger partial charge in [0.25, 0.3) is 0 Å². The van der Waals surface area contributed by atoms with Crippen LogP contribution in [-0.4, -0.2) is 43.0 Å². The molecule has 4 nitrogen and oxygen atoms in total. The number of aliphatic hydroxyl groups is 2. The van der Waals surface area contributed by atoms with Crippen molar-refractivity contribution in [1.82, 2.24) is 5.32 Å². The zero-order valence-corrected chi connectivity index (χ0v) is 10.8. The second kappa shape index (κ2) is 6.18. The van der Waals surface area contributed by atoms with Crippen LogP contribution >= 0.6 is 0 Å². The molecule has 18 heavy (non-hydrogen) atoms. The topological polar surface area (TPSA) is 55.7 Å². The van der Waals surface area contributed by atoms with Crippen molar-refractivity contribution in [3.8, 4) is 0 Å². The quantitative estimate of drug-likeness (QED) is 0.727. The van der Waals surface area contributed by atoms with Gasteiger partial charge in [-0.25, -0.2) is 0 Å². The Morgan fingerprint density at radius 1 is 1.28 bits per heavy atom. The number of hydrogen-bond donors (Lipinski definition) is 3. The Morgan fingerprint density at radius 2 is 2.00 bits per heavy atom. The number of anilines is 1. The highest BCUT2D eigenvalue weighted by atomic mass is 16.3. The fourth-order valence-corrected chi connectivity index (χ4v) is 2.42. The van der Waals surface area contributed by atoms with Crippen molar-refractivity contribution in [3.63, 3.8) is 0 Å². The third-order valence-corrected chi connectivity index (χ3v) is 3.46. The molecule has 0 bridgehead atoms. The van der Waals surface area contributed by atoms with Crippen molar-refractivity contribution in [2.45, 2.75) is 25.0 Å². The lowest BCUT2D eigenvalue weighted by molar-refractivity contribution is 0.0202. The molecule has 1 aliphatic rings. The fraction of sp³-hybridized carbons (Fsp3) is 0.571. The van der Waals surface area contributed by atoms with Crippen LogP contribution in [0.2, 0.25) is 0 Å². The monoisotopic (exact) mass is 250 g/mol. The maximum absolute atomic E-state index is 10.1. The molecule has 0 amide bonds. The number of hydrogen-bond acceptors (Lipinski definition) is 4. The van der Waals surface area contributed by atoms with E-state index >= 15 is 0 Å². The van der Waals surface area contributed by atoms with Crippen molar-refractivity contribution in [1.29, 1.82) is 0 Å². The van der Waals surface area contributed by atoms with Crippen LogP contribution in [0.3, 0.4) is 0 Å². The summed E-state index contributed by atoms with van der Waals surface area (Å²) in [4.78, 5) is 2.32. The molecule has 0 aromatic heterocycles. The Kier molecular flexibility index (Phi) is 4.58. The predicted molar refractivity (Wildman–Crippen MR) is 72.8 cm³/mol. The van der Waals surface area contributed by atoms with Crippen molar-refractivity contribution in [2.75, 3.05) is 31.6 Å². The molecule has 1 aromatic carbocycles. The third kappa shape index (κ3) is 3.02. The summed E-state index contributed by atoms with van der Waals surface area (Å²) in [5.41, 5.74) is 1.92. The first-order valence-electron chi connectivity index (χ1n) is 6.58. The van der Waals surface area contributed by atoms with Crippen LogP contribution in [0.1, 0.15) is 24.5 Å². The minimum Gasteiger partial charge on any atom is -0.389 e. The van der Waals surface area contributed by atoms with E-state index in [2.05, 4.69) is 16.3 Å². The summed E-state index contributed by atoms with van der Waals surface area (Å²) in [6, 6.07) is 7.85. The van der Waals surface area contributed by atoms with Gasteiger partial charge in [-0.1, -0.05) is 12.1 Å². The zero-order chi connectivity index (χ0) is 13.0. The second-order valence-corrected chi connectivity index (χ2v) is 4.86. The van der Waals surface area contributed by atoms with Gasteiger partial charge in [0.05, 0.1) is 6.10 Å². The molecule has 0 radical (unpaired) electrons. The van der Waals surface area contributed by atoms with Gasteiger partial charge in [0, 0.05) is 25.3 Å². The molecule has 1 aromatic rings. The van der Waals surface area contributed by atoms with Crippen molar-refractivity contribution < 1.29 is 10.2 Å². The summed E-state index contributed by atoms with van der Waals surface area (Å²) >= 11 is 0. The molecule has 100 valence electrons. The fourth-order valence-electron chi connectivity index (χ4n) is 2.42. The average Bonchev–Trinajstić information content (AvgIpc) is 2.92. The Labute approximate surface area is 108 Å². The summed E-state index contributed by atoms with van der Waals surface area (Å²) in [5.74, 6) is 0. The molecule has 1 aliphatic heterocycles. The number of likely N-dealkylation sites (N-methyl/N-ethyl adjacent to an activating group) is 1. The normalized spacial score (nSPS) is 18.9. The maximum atomic E-state index is 10.1. The van der Waals surface area contributed by atoms with Crippen molar-refractivity contribution in [2.24, 2.45) is 0 Å². The van der Waals surface area contributed by atoms with Crippen LogP contribution in [0.4, 0.5) is 5.69 Å². The van der Waals surface area contributed by atoms with Crippen LogP contribution in [0.15, 0.2) is 24.3 Å². The number of nitrogens with zero attached hydrogens (tertiary/aromatic N) is 1. The van der Waals surface area contributed by atoms with E-state index in [1.54, 1.807) is 7.05 Å². The summed E-state index contributed by atoms with van der Waals surface area (Å²) in [6.45, 7) is 2.55. The van der Waals surface area contributed by atoms with Crippen LogP contribution < -0.4 is 10.2 Å². The lowest BCUT2D eigenvalue weighted by atomic mass is 10.0. The van der Waals surface area contributed by atoms with E-state index < -0.39 is 12.2 Å². The van der Waals surface area contributed by atoms with E-state index in [0.717, 1.165) is 24.3 Å². The second-order valence-electron chi connectivity index (χ2n) is 4.86. The maximum Gasteiger partial charge on any atom is 0.106 e. The average molecular weight is 250 g/mol. The van der Waals surface area contributed by atoms with E-state index in [9.17, 15) is 10.2 Å². The highest BCUT2D eigenvalue weighted by Crippen LogP contribution is 2.25. The van der Waals surface area contributed by atoms with Gasteiger partial charge in [-0.05, 0) is 37.6 Å². The minimum absolute atomic E-state index is 0.384. The Bertz CT molecular complexity index is 378. The summed E-state index contributed by atoms with van der Waals surface area (Å²) in [7, 11) is 1.76.